The van der Waals surface area contributed by atoms with Crippen LogP contribution < -0.4 is 0 Å². The van der Waals surface area contributed by atoms with E-state index in [1.807, 2.05) is 0 Å². The molecule has 0 rings (SSSR count). The van der Waals surface area contributed by atoms with Gasteiger partial charge in [0.15, 0.2) is 9.84 Å². The van der Waals surface area contributed by atoms with Gasteiger partial charge in [-0.1, -0.05) is 0 Å². The molecule has 0 aromatic carbocycles. The zero-order chi connectivity index (χ0) is 13.0. The Bertz CT molecular complexity index is 335. The van der Waals surface area contributed by atoms with Gasteiger partial charge in [-0.05, 0) is 13.8 Å². The molecule has 0 saturated heterocycles. The predicted molar refractivity (Wildman–Crippen MR) is 66.9 cm³/mol. The van der Waals surface area contributed by atoms with Crippen molar-refractivity contribution in [2.45, 2.75) is 18.6 Å². The third kappa shape index (κ3) is 3.79. The molecule has 0 fully saturated rings. The molecule has 0 heterocycles. The standard InChI is InChI=1S/C9H17Cl2NO3S/c1-9(2,16(3,14)15)8(13)12(6-4-10)7-5-11/h4-7H2,1-3H3. The Morgan fingerprint density at radius 2 is 1.56 bits per heavy atom. The van der Waals surface area contributed by atoms with Crippen LogP contribution in [0.25, 0.3) is 0 Å². The van der Waals surface area contributed by atoms with E-state index in [1.54, 1.807) is 0 Å². The summed E-state index contributed by atoms with van der Waals surface area (Å²) in [4.78, 5) is 13.4. The number of halogens is 2. The van der Waals surface area contributed by atoms with Crippen molar-refractivity contribution in [1.29, 1.82) is 0 Å². The molecule has 1 amide bonds. The molecule has 0 radical (unpaired) electrons. The first-order chi connectivity index (χ1) is 7.18. The first-order valence-corrected chi connectivity index (χ1v) is 7.75. The van der Waals surface area contributed by atoms with E-state index < -0.39 is 20.5 Å². The Hall–Kier alpha value is -0.000000000000000111. The van der Waals surface area contributed by atoms with E-state index in [2.05, 4.69) is 0 Å². The summed E-state index contributed by atoms with van der Waals surface area (Å²) in [7, 11) is -3.46. The van der Waals surface area contributed by atoms with Crippen molar-refractivity contribution in [2.75, 3.05) is 31.1 Å². The zero-order valence-corrected chi connectivity index (χ0v) is 12.0. The van der Waals surface area contributed by atoms with Gasteiger partial charge in [-0.3, -0.25) is 4.79 Å². The molecule has 0 aromatic heterocycles. The largest absolute Gasteiger partial charge is 0.339 e. The van der Waals surface area contributed by atoms with Crippen LogP contribution in [0.2, 0.25) is 0 Å². The van der Waals surface area contributed by atoms with Crippen molar-refractivity contribution in [3.8, 4) is 0 Å². The first kappa shape index (κ1) is 16.0. The lowest BCUT2D eigenvalue weighted by atomic mass is 10.1. The van der Waals surface area contributed by atoms with Gasteiger partial charge in [-0.2, -0.15) is 0 Å². The Morgan fingerprint density at radius 1 is 1.19 bits per heavy atom. The van der Waals surface area contributed by atoms with Crippen molar-refractivity contribution < 1.29 is 13.2 Å². The molecule has 0 aliphatic carbocycles. The molecule has 0 aliphatic heterocycles. The highest BCUT2D eigenvalue weighted by molar-refractivity contribution is 7.92. The Morgan fingerprint density at radius 3 is 1.81 bits per heavy atom. The smallest absolute Gasteiger partial charge is 0.243 e. The normalized spacial score (nSPS) is 12.6. The Kier molecular flexibility index (Phi) is 6.07. The Balaban J connectivity index is 5.00. The van der Waals surface area contributed by atoms with Crippen LogP contribution >= 0.6 is 23.2 Å². The fraction of sp³-hybridized carbons (Fsp3) is 0.889. The maximum Gasteiger partial charge on any atom is 0.243 e. The van der Waals surface area contributed by atoms with Crippen molar-refractivity contribution in [2.24, 2.45) is 0 Å². The second-order valence-electron chi connectivity index (χ2n) is 3.95. The van der Waals surface area contributed by atoms with Crippen LogP contribution in [0.3, 0.4) is 0 Å². The summed E-state index contributed by atoms with van der Waals surface area (Å²) in [5.41, 5.74) is 0. The average molecular weight is 290 g/mol. The van der Waals surface area contributed by atoms with Gasteiger partial charge in [0, 0.05) is 31.1 Å². The minimum Gasteiger partial charge on any atom is -0.339 e. The van der Waals surface area contributed by atoms with Crippen LogP contribution in [0.4, 0.5) is 0 Å². The van der Waals surface area contributed by atoms with E-state index in [4.69, 9.17) is 23.2 Å². The van der Waals surface area contributed by atoms with E-state index >= 15 is 0 Å². The number of carbonyl (C=O) groups is 1. The number of carbonyl (C=O) groups excluding carboxylic acids is 1. The number of alkyl halides is 2. The van der Waals surface area contributed by atoms with E-state index in [1.165, 1.54) is 18.7 Å². The summed E-state index contributed by atoms with van der Waals surface area (Å²) in [6, 6.07) is 0. The Labute approximate surface area is 107 Å². The van der Waals surface area contributed by atoms with Gasteiger partial charge in [0.1, 0.15) is 4.75 Å². The SMILES string of the molecule is CC(C)(C(=O)N(CCCl)CCCl)S(C)(=O)=O. The summed E-state index contributed by atoms with van der Waals surface area (Å²) in [5, 5.41) is 0. The lowest BCUT2D eigenvalue weighted by Crippen LogP contribution is -2.50. The topological polar surface area (TPSA) is 54.5 Å². The van der Waals surface area contributed by atoms with Crippen LogP contribution in [-0.2, 0) is 14.6 Å². The monoisotopic (exact) mass is 289 g/mol. The van der Waals surface area contributed by atoms with Crippen molar-refractivity contribution >= 4 is 38.9 Å². The quantitative estimate of drug-likeness (QED) is 0.689. The number of sulfone groups is 1. The molecule has 0 bridgehead atoms. The van der Waals surface area contributed by atoms with Gasteiger partial charge in [-0.15, -0.1) is 23.2 Å². The number of nitrogens with zero attached hydrogens (tertiary/aromatic N) is 1. The van der Waals surface area contributed by atoms with Crippen LogP contribution in [0.5, 0.6) is 0 Å². The van der Waals surface area contributed by atoms with Crippen molar-refractivity contribution in [3.05, 3.63) is 0 Å². The van der Waals surface area contributed by atoms with Crippen molar-refractivity contribution in [3.63, 3.8) is 0 Å². The van der Waals surface area contributed by atoms with Crippen LogP contribution in [0, 0.1) is 0 Å². The lowest BCUT2D eigenvalue weighted by molar-refractivity contribution is -0.132. The molecule has 0 spiro atoms. The molecule has 0 unspecified atom stereocenters. The summed E-state index contributed by atoms with van der Waals surface area (Å²) < 4.78 is 21.5. The predicted octanol–water partition coefficient (Wildman–Crippen LogP) is 1.12. The maximum absolute atomic E-state index is 12.0. The third-order valence-corrected chi connectivity index (χ3v) is 4.80. The van der Waals surface area contributed by atoms with Crippen LogP contribution in [0.1, 0.15) is 13.8 Å². The van der Waals surface area contributed by atoms with E-state index in [-0.39, 0.29) is 11.8 Å². The van der Waals surface area contributed by atoms with Gasteiger partial charge in [0.2, 0.25) is 5.91 Å². The summed E-state index contributed by atoms with van der Waals surface area (Å²) in [6.45, 7) is 3.37. The fourth-order valence-electron chi connectivity index (χ4n) is 1.06. The summed E-state index contributed by atoms with van der Waals surface area (Å²) in [6.07, 6.45) is 1.05. The number of amides is 1. The lowest BCUT2D eigenvalue weighted by Gasteiger charge is -2.29. The number of hydrogen-bond donors (Lipinski definition) is 0. The number of rotatable bonds is 6. The minimum absolute atomic E-state index is 0.252. The average Bonchev–Trinajstić information content (AvgIpc) is 2.14. The number of hydrogen-bond acceptors (Lipinski definition) is 3. The third-order valence-electron chi connectivity index (χ3n) is 2.44. The minimum atomic E-state index is -3.46. The highest BCUT2D eigenvalue weighted by Crippen LogP contribution is 2.18. The van der Waals surface area contributed by atoms with Crippen LogP contribution in [-0.4, -0.2) is 55.1 Å². The van der Waals surface area contributed by atoms with Gasteiger partial charge >= 0.3 is 0 Å². The summed E-state index contributed by atoms with van der Waals surface area (Å²) >= 11 is 11.1. The van der Waals surface area contributed by atoms with E-state index in [0.29, 0.717) is 13.1 Å². The maximum atomic E-state index is 12.0. The molecule has 0 saturated carbocycles. The molecule has 0 aromatic rings. The second kappa shape index (κ2) is 6.07. The van der Waals surface area contributed by atoms with E-state index in [0.717, 1.165) is 6.26 Å². The van der Waals surface area contributed by atoms with Gasteiger partial charge in [-0.25, -0.2) is 8.42 Å². The highest BCUT2D eigenvalue weighted by atomic mass is 35.5. The fourth-order valence-corrected chi connectivity index (χ4v) is 1.91. The highest BCUT2D eigenvalue weighted by Gasteiger charge is 2.40. The molecule has 96 valence electrons. The first-order valence-electron chi connectivity index (χ1n) is 4.79. The molecule has 0 atom stereocenters. The zero-order valence-electron chi connectivity index (χ0n) is 9.66. The van der Waals surface area contributed by atoms with E-state index in [9.17, 15) is 13.2 Å². The molecular weight excluding hydrogens is 273 g/mol. The molecule has 0 N–H and O–H groups in total. The molecule has 0 aliphatic rings. The van der Waals surface area contributed by atoms with Crippen LogP contribution in [0.15, 0.2) is 0 Å². The molecule has 7 heteroatoms. The van der Waals surface area contributed by atoms with Gasteiger partial charge in [0.25, 0.3) is 0 Å². The molecule has 16 heavy (non-hydrogen) atoms. The molecular formula is C9H17Cl2NO3S. The van der Waals surface area contributed by atoms with Gasteiger partial charge < -0.3 is 4.90 Å². The summed E-state index contributed by atoms with van der Waals surface area (Å²) in [5.74, 6) is 0.0431. The molecule has 4 nitrogen and oxygen atoms in total. The van der Waals surface area contributed by atoms with Crippen molar-refractivity contribution in [1.82, 2.24) is 4.90 Å². The second-order valence-corrected chi connectivity index (χ2v) is 7.27. The van der Waals surface area contributed by atoms with Gasteiger partial charge in [0.05, 0.1) is 0 Å².